The summed E-state index contributed by atoms with van der Waals surface area (Å²) in [5.74, 6) is -0.426. The zero-order valence-corrected chi connectivity index (χ0v) is 22.9. The molecule has 1 aliphatic heterocycles. The number of rotatable bonds is 3. The minimum absolute atomic E-state index is 0.114. The van der Waals surface area contributed by atoms with Crippen molar-refractivity contribution in [1.82, 2.24) is 4.57 Å². The van der Waals surface area contributed by atoms with Crippen LogP contribution in [0.1, 0.15) is 42.5 Å². The molecule has 2 heterocycles. The first-order valence-electron chi connectivity index (χ1n) is 12.4. The molecule has 1 aromatic heterocycles. The number of hydrogen-bond donors (Lipinski definition) is 0. The maximum atomic E-state index is 13.9. The minimum atomic E-state index is -0.390. The van der Waals surface area contributed by atoms with Crippen LogP contribution < -0.4 is 14.9 Å². The fraction of sp³-hybridized carbons (Fsp3) is 0.161. The van der Waals surface area contributed by atoms with Crippen LogP contribution in [0.4, 0.5) is 8.78 Å². The van der Waals surface area contributed by atoms with Crippen molar-refractivity contribution in [1.29, 1.82) is 0 Å². The molecule has 38 heavy (non-hydrogen) atoms. The number of fused-ring (bicyclic) bond motifs is 1. The summed E-state index contributed by atoms with van der Waals surface area (Å²) in [7, 11) is 0. The normalized spacial score (nSPS) is 20.3. The molecule has 4 aromatic rings. The molecular formula is C31H23BrF2N2OS. The fourth-order valence-corrected chi connectivity index (χ4v) is 6.67. The molecule has 190 valence electrons. The average Bonchev–Trinajstić information content (AvgIpc) is 3.21. The number of thiazole rings is 1. The average molecular weight is 590 g/mol. The van der Waals surface area contributed by atoms with Crippen molar-refractivity contribution < 1.29 is 8.78 Å². The zero-order chi connectivity index (χ0) is 26.4. The van der Waals surface area contributed by atoms with Gasteiger partial charge in [0.1, 0.15) is 11.6 Å². The van der Waals surface area contributed by atoms with Gasteiger partial charge in [0.2, 0.25) is 0 Å². The van der Waals surface area contributed by atoms with Crippen LogP contribution in [0.25, 0.3) is 12.2 Å². The summed E-state index contributed by atoms with van der Waals surface area (Å²) < 4.78 is 30.7. The molecule has 1 aliphatic carbocycles. The van der Waals surface area contributed by atoms with Crippen molar-refractivity contribution in [2.45, 2.75) is 25.8 Å². The molecule has 0 saturated heterocycles. The van der Waals surface area contributed by atoms with E-state index in [2.05, 4.69) is 28.9 Å². The van der Waals surface area contributed by atoms with Crippen molar-refractivity contribution in [2.75, 3.05) is 0 Å². The largest absolute Gasteiger partial charge is 0.272 e. The third-order valence-electron chi connectivity index (χ3n) is 7.10. The molecule has 0 N–H and O–H groups in total. The van der Waals surface area contributed by atoms with Crippen LogP contribution in [-0.4, -0.2) is 4.57 Å². The number of aromatic nitrogens is 1. The highest BCUT2D eigenvalue weighted by molar-refractivity contribution is 9.10. The van der Waals surface area contributed by atoms with Crippen LogP contribution >= 0.6 is 27.3 Å². The van der Waals surface area contributed by atoms with Crippen LogP contribution in [0.15, 0.2) is 104 Å². The van der Waals surface area contributed by atoms with E-state index in [1.807, 2.05) is 30.3 Å². The first-order chi connectivity index (χ1) is 18.4. The molecule has 0 radical (unpaired) electrons. The van der Waals surface area contributed by atoms with Crippen molar-refractivity contribution in [3.8, 4) is 0 Å². The summed E-state index contributed by atoms with van der Waals surface area (Å²) in [4.78, 5) is 19.5. The van der Waals surface area contributed by atoms with Gasteiger partial charge in [0, 0.05) is 4.47 Å². The maximum Gasteiger partial charge on any atom is 0.271 e. The highest BCUT2D eigenvalue weighted by Gasteiger charge is 2.35. The van der Waals surface area contributed by atoms with Crippen molar-refractivity contribution >= 4 is 39.4 Å². The lowest BCUT2D eigenvalue weighted by molar-refractivity contribution is 0.476. The number of benzene rings is 3. The van der Waals surface area contributed by atoms with Crippen LogP contribution in [0.3, 0.4) is 0 Å². The maximum absolute atomic E-state index is 13.9. The van der Waals surface area contributed by atoms with E-state index in [1.54, 1.807) is 28.8 Å². The van der Waals surface area contributed by atoms with E-state index < -0.39 is 6.04 Å². The fourth-order valence-electron chi connectivity index (χ4n) is 5.25. The lowest BCUT2D eigenvalue weighted by atomic mass is 9.77. The first kappa shape index (κ1) is 24.9. The van der Waals surface area contributed by atoms with Gasteiger partial charge >= 0.3 is 0 Å². The molecule has 2 atom stereocenters. The lowest BCUT2D eigenvalue weighted by Gasteiger charge is -2.34. The Morgan fingerprint density at radius 2 is 1.68 bits per heavy atom. The monoisotopic (exact) mass is 588 g/mol. The predicted octanol–water partition coefficient (Wildman–Crippen LogP) is 6.77. The molecule has 0 spiro atoms. The summed E-state index contributed by atoms with van der Waals surface area (Å²) in [5.41, 5.74) is 5.53. The van der Waals surface area contributed by atoms with Gasteiger partial charge in [-0.3, -0.25) is 9.36 Å². The van der Waals surface area contributed by atoms with E-state index in [-0.39, 0.29) is 23.1 Å². The van der Waals surface area contributed by atoms with Gasteiger partial charge in [-0.15, -0.1) is 0 Å². The Hall–Kier alpha value is -3.42. The number of halogens is 3. The second-order valence-corrected chi connectivity index (χ2v) is 11.6. The first-order valence-corrected chi connectivity index (χ1v) is 14.0. The van der Waals surface area contributed by atoms with Gasteiger partial charge in [-0.2, -0.15) is 0 Å². The summed E-state index contributed by atoms with van der Waals surface area (Å²) >= 11 is 4.86. The van der Waals surface area contributed by atoms with E-state index >= 15 is 0 Å². The van der Waals surface area contributed by atoms with Crippen LogP contribution in [0.5, 0.6) is 0 Å². The highest BCUT2D eigenvalue weighted by Crippen LogP contribution is 2.44. The molecule has 2 unspecified atom stereocenters. The number of hydrogen-bond acceptors (Lipinski definition) is 3. The number of nitrogens with zero attached hydrogens (tertiary/aromatic N) is 2. The molecule has 3 nitrogen and oxygen atoms in total. The third kappa shape index (κ3) is 4.65. The van der Waals surface area contributed by atoms with Crippen molar-refractivity contribution in [3.63, 3.8) is 0 Å². The van der Waals surface area contributed by atoms with E-state index in [4.69, 9.17) is 4.99 Å². The Labute approximate surface area is 230 Å². The lowest BCUT2D eigenvalue weighted by Crippen LogP contribution is -2.40. The predicted molar refractivity (Wildman–Crippen MR) is 151 cm³/mol. The van der Waals surface area contributed by atoms with Crippen LogP contribution in [-0.2, 0) is 0 Å². The topological polar surface area (TPSA) is 34.4 Å². The van der Waals surface area contributed by atoms with Gasteiger partial charge < -0.3 is 0 Å². The summed E-state index contributed by atoms with van der Waals surface area (Å²) in [6, 6.07) is 20.2. The molecule has 3 aromatic carbocycles. The van der Waals surface area contributed by atoms with Gasteiger partial charge in [0.25, 0.3) is 5.56 Å². The van der Waals surface area contributed by atoms with E-state index in [0.29, 0.717) is 9.33 Å². The van der Waals surface area contributed by atoms with Crippen molar-refractivity contribution in [2.24, 2.45) is 10.9 Å². The second-order valence-electron chi connectivity index (χ2n) is 9.65. The molecular weight excluding hydrogens is 566 g/mol. The third-order valence-corrected chi connectivity index (χ3v) is 8.57. The molecule has 0 amide bonds. The Bertz CT molecular complexity index is 1780. The quantitative estimate of drug-likeness (QED) is 0.260. The SMILES string of the molecule is CC1CCC(=Cc2ccc(F)cc2)C2=C1C(c1ccc(F)cc1)n1c(sc(=Cc3cccc(Br)c3)c1=O)=N2. The van der Waals surface area contributed by atoms with E-state index in [0.717, 1.165) is 50.8 Å². The highest BCUT2D eigenvalue weighted by atomic mass is 79.9. The Balaban J connectivity index is 1.60. The standard InChI is InChI=1S/C31H23BrF2N2OS/c1-18-5-8-22(15-19-6-11-24(33)12-7-19)28-27(18)29(21-9-13-25(34)14-10-21)36-30(37)26(38-31(36)35-28)17-20-3-2-4-23(32)16-20/h2-4,6-7,9-18,29H,5,8H2,1H3. The summed E-state index contributed by atoms with van der Waals surface area (Å²) in [6.45, 7) is 2.16. The van der Waals surface area contributed by atoms with E-state index in [1.165, 1.54) is 35.6 Å². The van der Waals surface area contributed by atoms with Gasteiger partial charge in [-0.05, 0) is 95.1 Å². The molecule has 0 fully saturated rings. The Morgan fingerprint density at radius 3 is 2.39 bits per heavy atom. The number of allylic oxidation sites excluding steroid dienone is 2. The molecule has 2 aliphatic rings. The second kappa shape index (κ2) is 10.0. The molecule has 6 rings (SSSR count). The van der Waals surface area contributed by atoms with Gasteiger partial charge in [0.05, 0.1) is 16.3 Å². The van der Waals surface area contributed by atoms with Gasteiger partial charge in [-0.1, -0.05) is 70.6 Å². The molecule has 0 saturated carbocycles. The van der Waals surface area contributed by atoms with Gasteiger partial charge in [0.15, 0.2) is 4.80 Å². The summed E-state index contributed by atoms with van der Waals surface area (Å²) in [6.07, 6.45) is 5.66. The Kier molecular flexibility index (Phi) is 6.58. The van der Waals surface area contributed by atoms with E-state index in [9.17, 15) is 13.6 Å². The smallest absolute Gasteiger partial charge is 0.271 e. The minimum Gasteiger partial charge on any atom is -0.272 e. The van der Waals surface area contributed by atoms with Crippen molar-refractivity contribution in [3.05, 3.63) is 142 Å². The molecule has 0 bridgehead atoms. The van der Waals surface area contributed by atoms with Gasteiger partial charge in [-0.25, -0.2) is 13.8 Å². The van der Waals surface area contributed by atoms with Crippen LogP contribution in [0, 0.1) is 17.6 Å². The summed E-state index contributed by atoms with van der Waals surface area (Å²) in [5, 5.41) is 0. The zero-order valence-electron chi connectivity index (χ0n) is 20.5. The molecule has 7 heteroatoms. The van der Waals surface area contributed by atoms with Crippen LogP contribution in [0.2, 0.25) is 0 Å². The Morgan fingerprint density at radius 1 is 0.974 bits per heavy atom.